The lowest BCUT2D eigenvalue weighted by atomic mass is 9.79. The molecule has 1 aromatic heterocycles. The number of benzene rings is 3. The fraction of sp³-hybridized carbons (Fsp3) is 0.500. The molecule has 4 aromatic rings. The van der Waals surface area contributed by atoms with Gasteiger partial charge in [0, 0.05) is 42.2 Å². The van der Waals surface area contributed by atoms with Crippen LogP contribution in [0.4, 0.5) is 16.2 Å². The van der Waals surface area contributed by atoms with Crippen LogP contribution >= 0.6 is 11.6 Å². The molecule has 3 aliphatic rings. The summed E-state index contributed by atoms with van der Waals surface area (Å²) in [6.07, 6.45) is 8.33. The highest BCUT2D eigenvalue weighted by molar-refractivity contribution is 6.35. The molecule has 2 aliphatic heterocycles. The Labute approximate surface area is 264 Å². The van der Waals surface area contributed by atoms with E-state index in [0.29, 0.717) is 33.9 Å². The average Bonchev–Trinajstić information content (AvgIpc) is 3.06. The summed E-state index contributed by atoms with van der Waals surface area (Å²) in [6.45, 7) is 7.27. The van der Waals surface area contributed by atoms with Gasteiger partial charge in [-0.2, -0.15) is 4.98 Å². The van der Waals surface area contributed by atoms with Crippen LogP contribution < -0.4 is 9.80 Å². The van der Waals surface area contributed by atoms with Gasteiger partial charge in [0.15, 0.2) is 5.82 Å². The molecule has 2 saturated heterocycles. The Kier molecular flexibility index (Phi) is 7.61. The molecule has 0 unspecified atom stereocenters. The van der Waals surface area contributed by atoms with Crippen molar-refractivity contribution >= 4 is 45.0 Å². The van der Waals surface area contributed by atoms with Crippen LogP contribution in [0.5, 0.6) is 5.75 Å². The molecule has 6 nitrogen and oxygen atoms in total. The molecule has 7 rings (SSSR count). The number of likely N-dealkylation sites (N-methyl/N-ethyl adjacent to an activating group) is 1. The van der Waals surface area contributed by atoms with Crippen molar-refractivity contribution in [3.8, 4) is 16.9 Å². The van der Waals surface area contributed by atoms with Gasteiger partial charge < -0.3 is 19.8 Å². The average molecular weight is 616 g/mol. The summed E-state index contributed by atoms with van der Waals surface area (Å²) in [7, 11) is 4.18. The maximum Gasteiger partial charge on any atom is 0.228 e. The van der Waals surface area contributed by atoms with Gasteiger partial charge in [-0.1, -0.05) is 68.5 Å². The van der Waals surface area contributed by atoms with Crippen LogP contribution in [-0.2, 0) is 0 Å². The van der Waals surface area contributed by atoms with Gasteiger partial charge in [-0.05, 0) is 86.7 Å². The van der Waals surface area contributed by atoms with Crippen LogP contribution in [0.2, 0.25) is 5.02 Å². The van der Waals surface area contributed by atoms with Gasteiger partial charge in [0.05, 0.1) is 5.02 Å². The zero-order valence-electron chi connectivity index (χ0n) is 26.3. The van der Waals surface area contributed by atoms with Crippen molar-refractivity contribution in [1.82, 2.24) is 14.9 Å². The van der Waals surface area contributed by atoms with E-state index in [1.165, 1.54) is 32.1 Å². The van der Waals surface area contributed by atoms with Gasteiger partial charge in [0.25, 0.3) is 0 Å². The van der Waals surface area contributed by atoms with Crippen LogP contribution in [-0.4, -0.2) is 65.3 Å². The van der Waals surface area contributed by atoms with Gasteiger partial charge in [-0.25, -0.2) is 9.37 Å². The van der Waals surface area contributed by atoms with Crippen molar-refractivity contribution in [2.75, 3.05) is 43.5 Å². The summed E-state index contributed by atoms with van der Waals surface area (Å²) in [5.74, 6) is 2.21. The number of hydrogen-bond donors (Lipinski definition) is 1. The fourth-order valence-electron chi connectivity index (χ4n) is 8.05. The lowest BCUT2D eigenvalue weighted by Gasteiger charge is -2.47. The van der Waals surface area contributed by atoms with E-state index in [1.807, 2.05) is 30.3 Å². The van der Waals surface area contributed by atoms with Gasteiger partial charge in [-0.3, -0.25) is 0 Å². The monoisotopic (exact) mass is 615 g/mol. The number of aromatic nitrogens is 2. The van der Waals surface area contributed by atoms with Crippen molar-refractivity contribution in [2.24, 2.45) is 11.8 Å². The molecule has 3 atom stereocenters. The second-order valence-electron chi connectivity index (χ2n) is 13.9. The van der Waals surface area contributed by atoms with Crippen molar-refractivity contribution in [3.63, 3.8) is 0 Å². The number of anilines is 2. The third kappa shape index (κ3) is 4.96. The first-order chi connectivity index (χ1) is 21.1. The number of phenols is 1. The Balaban J connectivity index is 1.46. The van der Waals surface area contributed by atoms with E-state index in [9.17, 15) is 5.11 Å². The van der Waals surface area contributed by atoms with E-state index in [4.69, 9.17) is 21.6 Å². The summed E-state index contributed by atoms with van der Waals surface area (Å²) in [5, 5.41) is 13.2. The molecule has 232 valence electrons. The van der Waals surface area contributed by atoms with Crippen LogP contribution in [0, 0.1) is 17.7 Å². The number of phenolic OH excluding ortho intramolecular Hbond substituents is 1. The lowest BCUT2D eigenvalue weighted by Crippen LogP contribution is -2.58. The fourth-order valence-corrected chi connectivity index (χ4v) is 8.34. The number of nitrogens with zero attached hydrogens (tertiary/aromatic N) is 5. The molecule has 0 radical (unpaired) electrons. The molecule has 3 heterocycles. The van der Waals surface area contributed by atoms with Crippen LogP contribution in [0.3, 0.4) is 0 Å². The van der Waals surface area contributed by atoms with E-state index in [2.05, 4.69) is 42.6 Å². The van der Waals surface area contributed by atoms with E-state index in [0.717, 1.165) is 55.0 Å². The Morgan fingerprint density at radius 2 is 1.80 bits per heavy atom. The highest BCUT2D eigenvalue weighted by Crippen LogP contribution is 2.47. The topological polar surface area (TPSA) is 55.7 Å². The van der Waals surface area contributed by atoms with Gasteiger partial charge in [0.1, 0.15) is 17.1 Å². The molecule has 2 bridgehead atoms. The third-order valence-electron chi connectivity index (χ3n) is 11.0. The Morgan fingerprint density at radius 1 is 1.02 bits per heavy atom. The van der Waals surface area contributed by atoms with Gasteiger partial charge in [0.2, 0.25) is 5.95 Å². The largest absolute Gasteiger partial charge is 0.508 e. The molecule has 1 saturated carbocycles. The lowest BCUT2D eigenvalue weighted by molar-refractivity contribution is 0.244. The smallest absolute Gasteiger partial charge is 0.228 e. The highest BCUT2D eigenvalue weighted by atomic mass is 35.5. The normalized spacial score (nSPS) is 24.8. The summed E-state index contributed by atoms with van der Waals surface area (Å²) in [5.41, 5.74) is 0.995. The maximum atomic E-state index is 17.1. The minimum absolute atomic E-state index is 0.0684. The van der Waals surface area contributed by atoms with Crippen molar-refractivity contribution < 1.29 is 9.50 Å². The Morgan fingerprint density at radius 3 is 2.59 bits per heavy atom. The van der Waals surface area contributed by atoms with Crippen molar-refractivity contribution in [2.45, 2.75) is 70.4 Å². The minimum atomic E-state index is -0.471. The Hall–Kier alpha value is -3.16. The maximum absolute atomic E-state index is 17.1. The van der Waals surface area contributed by atoms with Crippen LogP contribution in [0.25, 0.3) is 32.8 Å². The first kappa shape index (κ1) is 29.5. The molecule has 8 heteroatoms. The van der Waals surface area contributed by atoms with E-state index >= 15 is 4.39 Å². The summed E-state index contributed by atoms with van der Waals surface area (Å²) in [6, 6.07) is 13.3. The summed E-state index contributed by atoms with van der Waals surface area (Å²) >= 11 is 7.04. The SMILES string of the molecule is C[C@@H]1C[C@@H]2CCCCN(c3nc(N4CC(N(C)C)C4)nc4c(F)c(-c5cc(O)cc6ccccc56)c(Cl)cc34)[C@@]1(C)CCC2. The molecule has 3 aromatic carbocycles. The number of aromatic hydroxyl groups is 1. The second kappa shape index (κ2) is 11.3. The summed E-state index contributed by atoms with van der Waals surface area (Å²) < 4.78 is 17.1. The first-order valence-electron chi connectivity index (χ1n) is 16.2. The first-order valence-corrected chi connectivity index (χ1v) is 16.6. The number of halogens is 2. The standard InChI is InChI=1S/C36H43ClFN5O/c1-22-16-23-10-7-8-15-43(36(22,2)14-9-11-23)34-29-19-30(37)31(28-18-26(44)17-24-12-5-6-13-27(24)28)32(38)33(29)39-35(40-34)42-20-25(21-42)41(3)4/h5-6,12-13,17-19,22-23,25,44H,7-11,14-16,20-21H2,1-4H3/t22-,23-,36+/m1/s1. The highest BCUT2D eigenvalue weighted by Gasteiger charge is 2.43. The predicted octanol–water partition coefficient (Wildman–Crippen LogP) is 8.27. The van der Waals surface area contributed by atoms with Gasteiger partial charge >= 0.3 is 0 Å². The van der Waals surface area contributed by atoms with Crippen molar-refractivity contribution in [3.05, 3.63) is 53.3 Å². The molecule has 1 N–H and O–H groups in total. The second-order valence-corrected chi connectivity index (χ2v) is 14.3. The molecule has 0 amide bonds. The number of hydrogen-bond acceptors (Lipinski definition) is 6. The van der Waals surface area contributed by atoms with Gasteiger partial charge in [-0.15, -0.1) is 0 Å². The van der Waals surface area contributed by atoms with E-state index in [-0.39, 0.29) is 22.4 Å². The van der Waals surface area contributed by atoms with Crippen LogP contribution in [0.15, 0.2) is 42.5 Å². The van der Waals surface area contributed by atoms with Crippen molar-refractivity contribution in [1.29, 1.82) is 0 Å². The zero-order valence-corrected chi connectivity index (χ0v) is 27.0. The quantitative estimate of drug-likeness (QED) is 0.249. The van der Waals surface area contributed by atoms with Crippen LogP contribution in [0.1, 0.15) is 58.8 Å². The van der Waals surface area contributed by atoms with E-state index in [1.54, 1.807) is 12.1 Å². The molecular weight excluding hydrogens is 573 g/mol. The molecular formula is C36H43ClFN5O. The molecule has 3 fully saturated rings. The summed E-state index contributed by atoms with van der Waals surface area (Å²) in [4.78, 5) is 17.1. The molecule has 1 aliphatic carbocycles. The zero-order chi connectivity index (χ0) is 30.7. The number of rotatable bonds is 4. The predicted molar refractivity (Wildman–Crippen MR) is 180 cm³/mol. The van der Waals surface area contributed by atoms with E-state index < -0.39 is 5.82 Å². The third-order valence-corrected chi connectivity index (χ3v) is 11.3. The molecule has 44 heavy (non-hydrogen) atoms. The minimum Gasteiger partial charge on any atom is -0.508 e. The Bertz CT molecular complexity index is 1720. The molecule has 0 spiro atoms. The number of fused-ring (bicyclic) bond motifs is 5.